The third-order valence-electron chi connectivity index (χ3n) is 3.71. The van der Waals surface area contributed by atoms with Crippen LogP contribution >= 0.6 is 0 Å². The fraction of sp³-hybridized carbons (Fsp3) is 0.333. The van der Waals surface area contributed by atoms with E-state index in [-0.39, 0.29) is 18.8 Å². The van der Waals surface area contributed by atoms with Gasteiger partial charge >= 0.3 is 17.8 Å². The number of likely N-dealkylation sites (N-methyl/N-ethyl adjacent to an activating group) is 1. The number of hydrogen-bond donors (Lipinski definition) is 3. The zero-order valence-electron chi connectivity index (χ0n) is 13.1. The van der Waals surface area contributed by atoms with Crippen LogP contribution in [0, 0.1) is 0 Å². The molecule has 2 rings (SSSR count). The molecule has 0 aromatic heterocycles. The molecule has 128 valence electrons. The highest BCUT2D eigenvalue weighted by atomic mass is 16.3. The molecule has 1 saturated heterocycles. The number of nitrogens with zero attached hydrogens (tertiary/aromatic N) is 2. The Morgan fingerprint density at radius 1 is 1.21 bits per heavy atom. The minimum atomic E-state index is -1.19. The average Bonchev–Trinajstić information content (AvgIpc) is 2.55. The van der Waals surface area contributed by atoms with Crippen molar-refractivity contribution in [2.75, 3.05) is 19.6 Å². The molecule has 0 saturated carbocycles. The van der Waals surface area contributed by atoms with Crippen LogP contribution in [0.3, 0.4) is 0 Å². The van der Waals surface area contributed by atoms with Gasteiger partial charge in [-0.3, -0.25) is 19.3 Å². The van der Waals surface area contributed by atoms with E-state index in [9.17, 15) is 24.3 Å². The second-order valence-electron chi connectivity index (χ2n) is 5.22. The van der Waals surface area contributed by atoms with Crippen LogP contribution in [0.5, 0.6) is 5.75 Å². The Morgan fingerprint density at radius 3 is 2.38 bits per heavy atom. The van der Waals surface area contributed by atoms with Gasteiger partial charge in [-0.15, -0.1) is 0 Å². The molecule has 9 nitrogen and oxygen atoms in total. The maximum absolute atomic E-state index is 12.3. The Balaban J connectivity index is 2.14. The van der Waals surface area contributed by atoms with Gasteiger partial charge < -0.3 is 21.1 Å². The number of aromatic hydroxyl groups is 1. The van der Waals surface area contributed by atoms with E-state index in [4.69, 9.17) is 5.73 Å². The van der Waals surface area contributed by atoms with Crippen LogP contribution in [0.25, 0.3) is 0 Å². The van der Waals surface area contributed by atoms with E-state index in [2.05, 4.69) is 5.32 Å². The van der Waals surface area contributed by atoms with Crippen molar-refractivity contribution in [1.29, 1.82) is 0 Å². The van der Waals surface area contributed by atoms with E-state index in [1.165, 1.54) is 29.2 Å². The lowest BCUT2D eigenvalue weighted by molar-refractivity contribution is -0.153. The second-order valence-corrected chi connectivity index (χ2v) is 5.22. The summed E-state index contributed by atoms with van der Waals surface area (Å²) in [6, 6.07) is 3.46. The lowest BCUT2D eigenvalue weighted by Gasteiger charge is -2.32. The molecule has 4 N–H and O–H groups in total. The van der Waals surface area contributed by atoms with Gasteiger partial charge in [-0.25, -0.2) is 4.79 Å². The highest BCUT2D eigenvalue weighted by Gasteiger charge is 2.36. The molecule has 1 unspecified atom stereocenters. The Bertz CT molecular complexity index is 673. The number of nitrogens with two attached hydrogens (primary N) is 1. The third-order valence-corrected chi connectivity index (χ3v) is 3.71. The molecular weight excluding hydrogens is 316 g/mol. The SMILES string of the molecule is CCN1CCN(C(=O)NC(C(N)=O)c2ccc(O)cc2)C(=O)C1=O. The van der Waals surface area contributed by atoms with Crippen molar-refractivity contribution in [1.82, 2.24) is 15.1 Å². The Kier molecular flexibility index (Phi) is 5.02. The van der Waals surface area contributed by atoms with Crippen LogP contribution in [0.2, 0.25) is 0 Å². The summed E-state index contributed by atoms with van der Waals surface area (Å²) in [5, 5.41) is 11.6. The van der Waals surface area contributed by atoms with Gasteiger partial charge in [-0.05, 0) is 24.6 Å². The predicted octanol–water partition coefficient (Wildman–Crippen LogP) is -0.681. The number of phenolic OH excluding ortho intramolecular Hbond substituents is 1. The van der Waals surface area contributed by atoms with E-state index in [0.29, 0.717) is 12.1 Å². The van der Waals surface area contributed by atoms with Gasteiger partial charge in [0.05, 0.1) is 0 Å². The van der Waals surface area contributed by atoms with Gasteiger partial charge in [0.25, 0.3) is 0 Å². The summed E-state index contributed by atoms with van der Waals surface area (Å²) in [7, 11) is 0. The molecule has 1 fully saturated rings. The number of urea groups is 1. The molecule has 0 radical (unpaired) electrons. The number of piperazine rings is 1. The van der Waals surface area contributed by atoms with Crippen molar-refractivity contribution in [2.45, 2.75) is 13.0 Å². The van der Waals surface area contributed by atoms with E-state index in [1.54, 1.807) is 6.92 Å². The van der Waals surface area contributed by atoms with Crippen LogP contribution in [-0.4, -0.2) is 58.3 Å². The molecule has 0 spiro atoms. The van der Waals surface area contributed by atoms with Gasteiger partial charge in [0.1, 0.15) is 11.8 Å². The summed E-state index contributed by atoms with van der Waals surface area (Å²) in [4.78, 5) is 49.8. The number of hydrogen-bond acceptors (Lipinski definition) is 5. The Hall–Kier alpha value is -3.10. The largest absolute Gasteiger partial charge is 0.508 e. The fourth-order valence-corrected chi connectivity index (χ4v) is 2.36. The quantitative estimate of drug-likeness (QED) is 0.627. The number of imide groups is 1. The summed E-state index contributed by atoms with van der Waals surface area (Å²) < 4.78 is 0. The predicted molar refractivity (Wildman–Crippen MR) is 82.5 cm³/mol. The van der Waals surface area contributed by atoms with Gasteiger partial charge in [-0.2, -0.15) is 0 Å². The van der Waals surface area contributed by atoms with Crippen molar-refractivity contribution in [3.8, 4) is 5.75 Å². The number of phenols is 1. The second kappa shape index (κ2) is 6.99. The topological polar surface area (TPSA) is 133 Å². The van der Waals surface area contributed by atoms with Crippen molar-refractivity contribution in [3.63, 3.8) is 0 Å². The van der Waals surface area contributed by atoms with Crippen molar-refractivity contribution < 1.29 is 24.3 Å². The third kappa shape index (κ3) is 3.45. The monoisotopic (exact) mass is 334 g/mol. The number of amides is 5. The van der Waals surface area contributed by atoms with Crippen LogP contribution in [0.4, 0.5) is 4.79 Å². The summed E-state index contributed by atoms with van der Waals surface area (Å²) >= 11 is 0. The zero-order valence-corrected chi connectivity index (χ0v) is 13.1. The molecular formula is C15H18N4O5. The first kappa shape index (κ1) is 17.3. The van der Waals surface area contributed by atoms with Crippen molar-refractivity contribution in [3.05, 3.63) is 29.8 Å². The van der Waals surface area contributed by atoms with E-state index >= 15 is 0 Å². The Labute approximate surface area is 138 Å². The lowest BCUT2D eigenvalue weighted by atomic mass is 10.1. The maximum Gasteiger partial charge on any atom is 0.325 e. The molecule has 1 aliphatic rings. The van der Waals surface area contributed by atoms with Gasteiger partial charge in [-0.1, -0.05) is 12.1 Å². The summed E-state index contributed by atoms with van der Waals surface area (Å²) in [5.74, 6) is -2.56. The number of rotatable bonds is 4. The van der Waals surface area contributed by atoms with Crippen molar-refractivity contribution in [2.24, 2.45) is 5.73 Å². The molecule has 1 atom stereocenters. The maximum atomic E-state index is 12.3. The van der Waals surface area contributed by atoms with Gasteiger partial charge in [0.15, 0.2) is 0 Å². The van der Waals surface area contributed by atoms with Gasteiger partial charge in [0, 0.05) is 19.6 Å². The highest BCUT2D eigenvalue weighted by Crippen LogP contribution is 2.17. The smallest absolute Gasteiger partial charge is 0.325 e. The molecule has 1 aromatic rings. The number of primary amides is 1. The highest BCUT2D eigenvalue weighted by molar-refractivity contribution is 6.38. The summed E-state index contributed by atoms with van der Waals surface area (Å²) in [5.41, 5.74) is 5.64. The first-order valence-corrected chi connectivity index (χ1v) is 7.34. The van der Waals surface area contributed by atoms with Crippen LogP contribution in [0.1, 0.15) is 18.5 Å². The minimum absolute atomic E-state index is 0.00948. The molecule has 1 aliphatic heterocycles. The summed E-state index contributed by atoms with van der Waals surface area (Å²) in [6.07, 6.45) is 0. The first-order valence-electron chi connectivity index (χ1n) is 7.34. The number of nitrogens with one attached hydrogen (secondary N) is 1. The molecule has 1 aromatic carbocycles. The molecule has 1 heterocycles. The van der Waals surface area contributed by atoms with E-state index in [0.717, 1.165) is 4.90 Å². The molecule has 24 heavy (non-hydrogen) atoms. The Morgan fingerprint density at radius 2 is 1.83 bits per heavy atom. The van der Waals surface area contributed by atoms with E-state index < -0.39 is 29.8 Å². The van der Waals surface area contributed by atoms with Crippen LogP contribution in [0.15, 0.2) is 24.3 Å². The van der Waals surface area contributed by atoms with Gasteiger partial charge in [0.2, 0.25) is 5.91 Å². The zero-order chi connectivity index (χ0) is 17.9. The first-order chi connectivity index (χ1) is 11.3. The standard InChI is InChI=1S/C15H18N4O5/c1-2-18-7-8-19(14(23)13(18)22)15(24)17-11(12(16)21)9-3-5-10(20)6-4-9/h3-6,11,20H,2,7-8H2,1H3,(H2,16,21)(H,17,24). The van der Waals surface area contributed by atoms with E-state index in [1.807, 2.05) is 0 Å². The minimum Gasteiger partial charge on any atom is -0.508 e. The van der Waals surface area contributed by atoms with Crippen LogP contribution in [-0.2, 0) is 14.4 Å². The molecule has 0 bridgehead atoms. The summed E-state index contributed by atoms with van der Waals surface area (Å²) in [6.45, 7) is 2.37. The van der Waals surface area contributed by atoms with Crippen molar-refractivity contribution >= 4 is 23.8 Å². The van der Waals surface area contributed by atoms with Crippen LogP contribution < -0.4 is 11.1 Å². The number of carbonyl (C=O) groups excluding carboxylic acids is 4. The number of carbonyl (C=O) groups is 4. The molecule has 5 amide bonds. The molecule has 0 aliphatic carbocycles. The normalized spacial score (nSPS) is 16.0. The average molecular weight is 334 g/mol. The molecule has 9 heteroatoms. The fourth-order valence-electron chi connectivity index (χ4n) is 2.36. The lowest BCUT2D eigenvalue weighted by Crippen LogP contribution is -2.58. The number of benzene rings is 1.